The Morgan fingerprint density at radius 3 is 2.94 bits per heavy atom. The molecular weight excluding hydrogens is 290 g/mol. The average molecular weight is 312 g/mol. The fourth-order valence-electron chi connectivity index (χ4n) is 3.13. The zero-order valence-corrected chi connectivity index (χ0v) is 12.8. The van der Waals surface area contributed by atoms with E-state index in [4.69, 9.17) is 10.5 Å². The predicted octanol–water partition coefficient (Wildman–Crippen LogP) is 3.91. The van der Waals surface area contributed by atoms with Crippen LogP contribution < -0.4 is 10.5 Å². The van der Waals surface area contributed by atoms with Crippen LogP contribution in [0.25, 0.3) is 0 Å². The average Bonchev–Trinajstić information content (AvgIpc) is 2.28. The third-order valence-corrected chi connectivity index (χ3v) is 4.40. The van der Waals surface area contributed by atoms with Gasteiger partial charge < -0.3 is 10.5 Å². The minimum atomic E-state index is -0.0637. The Balaban J connectivity index is 2.19. The molecule has 1 aliphatic rings. The van der Waals surface area contributed by atoms with Gasteiger partial charge in [0.2, 0.25) is 0 Å². The molecule has 1 aromatic rings. The van der Waals surface area contributed by atoms with Crippen LogP contribution in [-0.2, 0) is 6.42 Å². The van der Waals surface area contributed by atoms with Gasteiger partial charge in [0.05, 0.1) is 7.11 Å². The Morgan fingerprint density at radius 1 is 1.50 bits per heavy atom. The van der Waals surface area contributed by atoms with Crippen molar-refractivity contribution in [1.82, 2.24) is 0 Å². The second kappa shape index (κ2) is 5.62. The smallest absolute Gasteiger partial charge is 0.122 e. The first-order valence-corrected chi connectivity index (χ1v) is 7.43. The summed E-state index contributed by atoms with van der Waals surface area (Å²) in [5.74, 6) is 1.68. The molecule has 0 bridgehead atoms. The first kappa shape index (κ1) is 13.9. The van der Waals surface area contributed by atoms with Crippen molar-refractivity contribution in [1.29, 1.82) is 0 Å². The Morgan fingerprint density at radius 2 is 2.28 bits per heavy atom. The fraction of sp³-hybridized carbons (Fsp3) is 0.600. The van der Waals surface area contributed by atoms with Gasteiger partial charge in [-0.2, -0.15) is 0 Å². The molecule has 18 heavy (non-hydrogen) atoms. The summed E-state index contributed by atoms with van der Waals surface area (Å²) in [6.45, 7) is 2.30. The van der Waals surface area contributed by atoms with Crippen molar-refractivity contribution in [2.24, 2.45) is 11.7 Å². The standard InChI is InChI=1S/C15H22BrNO/c1-11-4-3-7-15(17,9-11)10-12-8-13(16)5-6-14(12)18-2/h5-6,8,11H,3-4,7,9-10,17H2,1-2H3. The molecule has 0 aromatic heterocycles. The summed E-state index contributed by atoms with van der Waals surface area (Å²) in [7, 11) is 1.72. The maximum Gasteiger partial charge on any atom is 0.122 e. The molecule has 1 aliphatic carbocycles. The molecule has 2 atom stereocenters. The van der Waals surface area contributed by atoms with E-state index >= 15 is 0 Å². The zero-order chi connectivity index (χ0) is 13.2. The SMILES string of the molecule is COc1ccc(Br)cc1CC1(N)CCCC(C)C1. The van der Waals surface area contributed by atoms with E-state index in [1.165, 1.54) is 18.4 Å². The first-order valence-electron chi connectivity index (χ1n) is 6.64. The van der Waals surface area contributed by atoms with Gasteiger partial charge in [-0.3, -0.25) is 0 Å². The highest BCUT2D eigenvalue weighted by Crippen LogP contribution is 2.35. The number of halogens is 1. The Bertz CT molecular complexity index is 421. The molecular formula is C15H22BrNO. The van der Waals surface area contributed by atoms with Crippen molar-refractivity contribution in [2.45, 2.75) is 44.6 Å². The number of methoxy groups -OCH3 is 1. The number of rotatable bonds is 3. The van der Waals surface area contributed by atoms with E-state index in [1.54, 1.807) is 7.11 Å². The first-order chi connectivity index (χ1) is 8.52. The lowest BCUT2D eigenvalue weighted by molar-refractivity contribution is 0.233. The van der Waals surface area contributed by atoms with Crippen LogP contribution in [0.5, 0.6) is 5.75 Å². The minimum Gasteiger partial charge on any atom is -0.496 e. The Labute approximate surface area is 118 Å². The highest BCUT2D eigenvalue weighted by molar-refractivity contribution is 9.10. The molecule has 0 aliphatic heterocycles. The normalized spacial score (nSPS) is 28.1. The van der Waals surface area contributed by atoms with Gasteiger partial charge in [-0.1, -0.05) is 35.7 Å². The molecule has 1 aromatic carbocycles. The minimum absolute atomic E-state index is 0.0637. The number of hydrogen-bond acceptors (Lipinski definition) is 2. The van der Waals surface area contributed by atoms with Gasteiger partial charge in [0.25, 0.3) is 0 Å². The fourth-order valence-corrected chi connectivity index (χ4v) is 3.53. The molecule has 0 spiro atoms. The Hall–Kier alpha value is -0.540. The second-order valence-corrected chi connectivity index (χ2v) is 6.61. The molecule has 0 heterocycles. The molecule has 100 valence electrons. The molecule has 2 nitrogen and oxygen atoms in total. The molecule has 0 amide bonds. The monoisotopic (exact) mass is 311 g/mol. The van der Waals surface area contributed by atoms with Crippen LogP contribution >= 0.6 is 15.9 Å². The summed E-state index contributed by atoms with van der Waals surface area (Å²) in [4.78, 5) is 0. The van der Waals surface area contributed by atoms with Crippen LogP contribution in [0.15, 0.2) is 22.7 Å². The van der Waals surface area contributed by atoms with Crippen molar-refractivity contribution in [2.75, 3.05) is 7.11 Å². The van der Waals surface area contributed by atoms with E-state index in [0.29, 0.717) is 0 Å². The number of hydrogen-bond donors (Lipinski definition) is 1. The molecule has 3 heteroatoms. The molecule has 1 saturated carbocycles. The third kappa shape index (κ3) is 3.27. The van der Waals surface area contributed by atoms with Crippen LogP contribution in [0, 0.1) is 5.92 Å². The van der Waals surface area contributed by atoms with Crippen LogP contribution in [-0.4, -0.2) is 12.6 Å². The van der Waals surface area contributed by atoms with Crippen LogP contribution in [0.4, 0.5) is 0 Å². The summed E-state index contributed by atoms with van der Waals surface area (Å²) in [5.41, 5.74) is 7.73. The highest BCUT2D eigenvalue weighted by atomic mass is 79.9. The largest absolute Gasteiger partial charge is 0.496 e. The van der Waals surface area contributed by atoms with E-state index in [1.807, 2.05) is 12.1 Å². The van der Waals surface area contributed by atoms with Gasteiger partial charge in [-0.15, -0.1) is 0 Å². The van der Waals surface area contributed by atoms with Gasteiger partial charge in [-0.05, 0) is 48.9 Å². The van der Waals surface area contributed by atoms with Crippen molar-refractivity contribution in [3.8, 4) is 5.75 Å². The van der Waals surface area contributed by atoms with E-state index < -0.39 is 0 Å². The van der Waals surface area contributed by atoms with E-state index in [0.717, 1.165) is 35.4 Å². The topological polar surface area (TPSA) is 35.2 Å². The lowest BCUT2D eigenvalue weighted by Crippen LogP contribution is -2.45. The van der Waals surface area contributed by atoms with Crippen LogP contribution in [0.2, 0.25) is 0 Å². The highest BCUT2D eigenvalue weighted by Gasteiger charge is 2.31. The van der Waals surface area contributed by atoms with Crippen LogP contribution in [0.1, 0.15) is 38.2 Å². The van der Waals surface area contributed by atoms with Crippen molar-refractivity contribution < 1.29 is 4.74 Å². The number of nitrogens with two attached hydrogens (primary N) is 1. The van der Waals surface area contributed by atoms with E-state index in [-0.39, 0.29) is 5.54 Å². The summed E-state index contributed by atoms with van der Waals surface area (Å²) >= 11 is 3.52. The molecule has 0 saturated heterocycles. The number of ether oxygens (including phenoxy) is 1. The molecule has 2 N–H and O–H groups in total. The molecule has 1 fully saturated rings. The molecule has 0 radical (unpaired) electrons. The predicted molar refractivity (Wildman–Crippen MR) is 78.9 cm³/mol. The van der Waals surface area contributed by atoms with Gasteiger partial charge >= 0.3 is 0 Å². The second-order valence-electron chi connectivity index (χ2n) is 5.70. The summed E-state index contributed by atoms with van der Waals surface area (Å²) in [6, 6.07) is 6.15. The molecule has 2 rings (SSSR count). The summed E-state index contributed by atoms with van der Waals surface area (Å²) < 4.78 is 6.53. The quantitative estimate of drug-likeness (QED) is 0.918. The van der Waals surface area contributed by atoms with Gasteiger partial charge in [-0.25, -0.2) is 0 Å². The number of benzene rings is 1. The van der Waals surface area contributed by atoms with Crippen molar-refractivity contribution in [3.05, 3.63) is 28.2 Å². The van der Waals surface area contributed by atoms with Gasteiger partial charge in [0, 0.05) is 10.0 Å². The van der Waals surface area contributed by atoms with Crippen LogP contribution in [0.3, 0.4) is 0 Å². The van der Waals surface area contributed by atoms with Gasteiger partial charge in [0.15, 0.2) is 0 Å². The van der Waals surface area contributed by atoms with Crippen molar-refractivity contribution in [3.63, 3.8) is 0 Å². The third-order valence-electron chi connectivity index (χ3n) is 3.91. The maximum atomic E-state index is 6.58. The maximum absolute atomic E-state index is 6.58. The zero-order valence-electron chi connectivity index (χ0n) is 11.2. The van der Waals surface area contributed by atoms with E-state index in [2.05, 4.69) is 28.9 Å². The van der Waals surface area contributed by atoms with Gasteiger partial charge in [0.1, 0.15) is 5.75 Å². The summed E-state index contributed by atoms with van der Waals surface area (Å²) in [6.07, 6.45) is 5.69. The lowest BCUT2D eigenvalue weighted by Gasteiger charge is -2.37. The lowest BCUT2D eigenvalue weighted by atomic mass is 9.74. The van der Waals surface area contributed by atoms with Crippen molar-refractivity contribution >= 4 is 15.9 Å². The Kier molecular flexibility index (Phi) is 4.33. The van der Waals surface area contributed by atoms with E-state index in [9.17, 15) is 0 Å². The molecule has 2 unspecified atom stereocenters. The summed E-state index contributed by atoms with van der Waals surface area (Å²) in [5, 5.41) is 0.